The van der Waals surface area contributed by atoms with Gasteiger partial charge in [-0.25, -0.2) is 9.97 Å². The van der Waals surface area contributed by atoms with Gasteiger partial charge in [0.2, 0.25) is 0 Å². The molecule has 1 N–H and O–H groups in total. The number of halogens is 6. The minimum absolute atomic E-state index is 0.0231. The molecule has 0 atom stereocenters. The number of aryl methyl sites for hydroxylation is 2. The molecule has 5 aromatic rings. The van der Waals surface area contributed by atoms with Gasteiger partial charge in [-0.2, -0.15) is 26.3 Å². The molecule has 0 aliphatic carbocycles. The average Bonchev–Trinajstić information content (AvgIpc) is 3.44. The molecule has 0 bridgehead atoms. The van der Waals surface area contributed by atoms with Crippen LogP contribution in [-0.2, 0) is 12.0 Å². The molecule has 0 fully saturated rings. The van der Waals surface area contributed by atoms with Crippen LogP contribution in [0.4, 0.5) is 26.3 Å². The van der Waals surface area contributed by atoms with Crippen molar-refractivity contribution in [3.8, 4) is 11.4 Å². The summed E-state index contributed by atoms with van der Waals surface area (Å²) in [4.78, 5) is 22.6. The second-order valence-electron chi connectivity index (χ2n) is 9.71. The van der Waals surface area contributed by atoms with E-state index in [1.54, 1.807) is 35.2 Å². The van der Waals surface area contributed by atoms with Crippen LogP contribution >= 0.6 is 0 Å². The fraction of sp³-hybridized carbons (Fsp3) is 0.207. The number of fused-ring (bicyclic) bond motifs is 1. The molecule has 0 aliphatic rings. The smallest absolute Gasteiger partial charge is 0.369 e. The largest absolute Gasteiger partial charge is 0.430 e. The Balaban J connectivity index is 1.74. The van der Waals surface area contributed by atoms with Gasteiger partial charge in [-0.15, -0.1) is 0 Å². The van der Waals surface area contributed by atoms with Crippen molar-refractivity contribution in [2.45, 2.75) is 38.2 Å². The van der Waals surface area contributed by atoms with E-state index in [2.05, 4.69) is 9.97 Å². The predicted molar refractivity (Wildman–Crippen MR) is 139 cm³/mol. The lowest BCUT2D eigenvalue weighted by atomic mass is 9.90. The van der Waals surface area contributed by atoms with E-state index < -0.39 is 29.1 Å². The van der Waals surface area contributed by atoms with Crippen LogP contribution < -0.4 is 5.56 Å². The summed E-state index contributed by atoms with van der Waals surface area (Å²) in [6, 6.07) is 14.4. The Kier molecular flexibility index (Phi) is 6.77. The molecule has 0 unspecified atom stereocenters. The fourth-order valence-electron chi connectivity index (χ4n) is 4.67. The number of hydrogen-bond donors (Lipinski definition) is 1. The summed E-state index contributed by atoms with van der Waals surface area (Å²) in [5.74, 6) is 0.222. The van der Waals surface area contributed by atoms with Crippen LogP contribution in [0.25, 0.3) is 22.3 Å². The van der Waals surface area contributed by atoms with Crippen molar-refractivity contribution in [1.29, 1.82) is 0 Å². The highest BCUT2D eigenvalue weighted by atomic mass is 19.4. The first-order valence-electron chi connectivity index (χ1n) is 12.3. The second-order valence-corrected chi connectivity index (χ2v) is 9.71. The summed E-state index contributed by atoms with van der Waals surface area (Å²) in [5, 5.41) is 10.1. The summed E-state index contributed by atoms with van der Waals surface area (Å²) in [6.45, 7) is 3.17. The van der Waals surface area contributed by atoms with E-state index in [0.29, 0.717) is 23.3 Å². The molecule has 12 heteroatoms. The molecule has 0 radical (unpaired) electrons. The van der Waals surface area contributed by atoms with Gasteiger partial charge in [0.1, 0.15) is 5.82 Å². The van der Waals surface area contributed by atoms with Crippen molar-refractivity contribution in [1.82, 2.24) is 19.1 Å². The molecule has 6 nitrogen and oxygen atoms in total. The van der Waals surface area contributed by atoms with E-state index in [9.17, 15) is 36.2 Å². The predicted octanol–water partition coefficient (Wildman–Crippen LogP) is 6.09. The fourth-order valence-corrected chi connectivity index (χ4v) is 4.67. The van der Waals surface area contributed by atoms with E-state index in [-0.39, 0.29) is 28.9 Å². The molecular weight excluding hydrogens is 550 g/mol. The van der Waals surface area contributed by atoms with E-state index >= 15 is 0 Å². The SMILES string of the molecule is Cc1ccc(Cc2nc3ccc(-n4ccnc4)cc3c(=O)n2-c2ccc(C(O)(C(F)(F)F)C(F)(F)F)cc2C)cc1. The molecule has 0 amide bonds. The Labute approximate surface area is 229 Å². The van der Waals surface area contributed by atoms with Gasteiger partial charge in [-0.3, -0.25) is 9.36 Å². The number of imidazole rings is 1. The van der Waals surface area contributed by atoms with Gasteiger partial charge in [0.25, 0.3) is 11.2 Å². The van der Waals surface area contributed by atoms with Gasteiger partial charge >= 0.3 is 12.4 Å². The van der Waals surface area contributed by atoms with Gasteiger partial charge in [0.15, 0.2) is 0 Å². The summed E-state index contributed by atoms with van der Waals surface area (Å²) in [5.41, 5.74) is -4.43. The quantitative estimate of drug-likeness (QED) is 0.259. The van der Waals surface area contributed by atoms with Crippen LogP contribution in [-0.4, -0.2) is 36.6 Å². The Morgan fingerprint density at radius 3 is 2.15 bits per heavy atom. The lowest BCUT2D eigenvalue weighted by Gasteiger charge is -2.33. The lowest BCUT2D eigenvalue weighted by Crippen LogP contribution is -2.54. The van der Waals surface area contributed by atoms with Crippen molar-refractivity contribution < 1.29 is 31.4 Å². The number of nitrogens with zero attached hydrogens (tertiary/aromatic N) is 4. The molecule has 2 heterocycles. The van der Waals surface area contributed by atoms with Gasteiger partial charge in [-0.05, 0) is 49.2 Å². The lowest BCUT2D eigenvalue weighted by molar-refractivity contribution is -0.376. The summed E-state index contributed by atoms with van der Waals surface area (Å²) in [7, 11) is 0. The van der Waals surface area contributed by atoms with Crippen molar-refractivity contribution in [2.24, 2.45) is 0 Å². The van der Waals surface area contributed by atoms with Crippen LogP contribution in [0, 0.1) is 13.8 Å². The first kappa shape index (κ1) is 28.1. The second kappa shape index (κ2) is 9.88. The molecule has 5 rings (SSSR count). The van der Waals surface area contributed by atoms with Gasteiger partial charge < -0.3 is 9.67 Å². The van der Waals surface area contributed by atoms with Crippen molar-refractivity contribution in [3.63, 3.8) is 0 Å². The topological polar surface area (TPSA) is 72.9 Å². The Morgan fingerprint density at radius 1 is 0.878 bits per heavy atom. The highest BCUT2D eigenvalue weighted by Gasteiger charge is 2.71. The molecule has 0 saturated carbocycles. The summed E-state index contributed by atoms with van der Waals surface area (Å²) < 4.78 is 84.0. The van der Waals surface area contributed by atoms with E-state index in [1.165, 1.54) is 17.8 Å². The molecule has 3 aromatic carbocycles. The zero-order chi connectivity index (χ0) is 29.7. The third-order valence-electron chi connectivity index (χ3n) is 6.88. The average molecular weight is 573 g/mol. The highest BCUT2D eigenvalue weighted by Crippen LogP contribution is 2.50. The van der Waals surface area contributed by atoms with Gasteiger partial charge in [0, 0.05) is 30.1 Å². The number of benzene rings is 3. The van der Waals surface area contributed by atoms with Crippen molar-refractivity contribution >= 4 is 10.9 Å². The highest BCUT2D eigenvalue weighted by molar-refractivity contribution is 5.80. The molecule has 212 valence electrons. The van der Waals surface area contributed by atoms with E-state index in [0.717, 1.165) is 17.2 Å². The Bertz CT molecular complexity index is 1780. The van der Waals surface area contributed by atoms with Crippen LogP contribution in [0.5, 0.6) is 0 Å². The standard InChI is InChI=1S/C29H22F6N4O2/c1-17-3-5-19(6-4-17)14-25-37-23-9-8-21(38-12-11-36-16-38)15-22(23)26(40)39(25)24-10-7-20(13-18(24)2)27(41,28(30,31)32)29(33,34)35/h3-13,15-16,41H,14H2,1-2H3. The minimum Gasteiger partial charge on any atom is -0.369 e. The maximum atomic E-state index is 14.0. The zero-order valence-corrected chi connectivity index (χ0v) is 21.6. The van der Waals surface area contributed by atoms with Crippen molar-refractivity contribution in [2.75, 3.05) is 0 Å². The number of hydrogen-bond acceptors (Lipinski definition) is 4. The first-order chi connectivity index (χ1) is 19.2. The number of rotatable bonds is 5. The monoisotopic (exact) mass is 572 g/mol. The molecule has 41 heavy (non-hydrogen) atoms. The minimum atomic E-state index is -6.04. The molecule has 0 saturated heterocycles. The Morgan fingerprint density at radius 2 is 1.56 bits per heavy atom. The molecular formula is C29H22F6N4O2. The number of alkyl halides is 6. The summed E-state index contributed by atoms with van der Waals surface area (Å²) >= 11 is 0. The van der Waals surface area contributed by atoms with E-state index in [4.69, 9.17) is 0 Å². The zero-order valence-electron chi connectivity index (χ0n) is 21.6. The van der Waals surface area contributed by atoms with Crippen LogP contribution in [0.2, 0.25) is 0 Å². The maximum absolute atomic E-state index is 14.0. The van der Waals surface area contributed by atoms with Gasteiger partial charge in [0.05, 0.1) is 22.9 Å². The third kappa shape index (κ3) is 4.88. The molecule has 0 spiro atoms. The number of aromatic nitrogens is 4. The van der Waals surface area contributed by atoms with Crippen LogP contribution in [0.15, 0.2) is 84.2 Å². The molecule has 0 aliphatic heterocycles. The number of aliphatic hydroxyl groups is 1. The van der Waals surface area contributed by atoms with Crippen LogP contribution in [0.1, 0.15) is 28.1 Å². The third-order valence-corrected chi connectivity index (χ3v) is 6.88. The Hall–Kier alpha value is -4.45. The van der Waals surface area contributed by atoms with Gasteiger partial charge in [-0.1, -0.05) is 42.0 Å². The van der Waals surface area contributed by atoms with E-state index in [1.807, 2.05) is 31.2 Å². The maximum Gasteiger partial charge on any atom is 0.430 e. The first-order valence-corrected chi connectivity index (χ1v) is 12.3. The van der Waals surface area contributed by atoms with Crippen LogP contribution in [0.3, 0.4) is 0 Å². The molecule has 2 aromatic heterocycles. The van der Waals surface area contributed by atoms with Crippen molar-refractivity contribution in [3.05, 3.63) is 118 Å². The normalized spacial score (nSPS) is 12.7. The summed E-state index contributed by atoms with van der Waals surface area (Å²) in [6.07, 6.45) is -7.18.